The fraction of sp³-hybridized carbons (Fsp3) is 0.533. The van der Waals surface area contributed by atoms with Crippen LogP contribution >= 0.6 is 11.8 Å². The Bertz CT molecular complexity index is 532. The summed E-state index contributed by atoms with van der Waals surface area (Å²) in [5.41, 5.74) is 0.452. The smallest absolute Gasteiger partial charge is 0.235 e. The Balaban J connectivity index is 2.71. The summed E-state index contributed by atoms with van der Waals surface area (Å²) in [6.07, 6.45) is 7.56. The van der Waals surface area contributed by atoms with Crippen molar-refractivity contribution < 1.29 is 14.3 Å². The Morgan fingerprint density at radius 1 is 1.20 bits per heavy atom. The second kappa shape index (κ2) is 6.33. The minimum Gasteiger partial charge on any atom is -0.496 e. The van der Waals surface area contributed by atoms with Crippen LogP contribution in [0.1, 0.15) is 31.2 Å². The number of ether oxygens (including phenoxy) is 2. The number of methoxy groups -OCH3 is 2. The van der Waals surface area contributed by atoms with E-state index in [0.29, 0.717) is 0 Å². The van der Waals surface area contributed by atoms with Crippen molar-refractivity contribution >= 4 is 17.8 Å². The zero-order chi connectivity index (χ0) is 14.6. The molecule has 0 amide bonds. The lowest BCUT2D eigenvalue weighted by Crippen LogP contribution is -2.21. The van der Waals surface area contributed by atoms with Crippen molar-refractivity contribution in [2.24, 2.45) is 4.99 Å². The van der Waals surface area contributed by atoms with Gasteiger partial charge in [-0.05, 0) is 31.2 Å². The monoisotopic (exact) mass is 293 g/mol. The van der Waals surface area contributed by atoms with E-state index in [9.17, 15) is 4.79 Å². The molecule has 0 radical (unpaired) electrons. The molecular weight excluding hydrogens is 274 g/mol. The summed E-state index contributed by atoms with van der Waals surface area (Å²) in [6, 6.07) is 3.77. The molecule has 0 saturated heterocycles. The predicted molar refractivity (Wildman–Crippen MR) is 79.6 cm³/mol. The second-order valence-electron chi connectivity index (χ2n) is 4.82. The minimum absolute atomic E-state index is 0.514. The minimum atomic E-state index is -0.514. The summed E-state index contributed by atoms with van der Waals surface area (Å²) in [5.74, 6) is 1.55. The lowest BCUT2D eigenvalue weighted by Gasteiger charge is -2.28. The van der Waals surface area contributed by atoms with E-state index >= 15 is 0 Å². The van der Waals surface area contributed by atoms with Gasteiger partial charge in [0.05, 0.1) is 19.1 Å². The highest BCUT2D eigenvalue weighted by molar-refractivity contribution is 7.98. The predicted octanol–water partition coefficient (Wildman–Crippen LogP) is 3.53. The largest absolute Gasteiger partial charge is 0.496 e. The molecule has 0 aliphatic heterocycles. The van der Waals surface area contributed by atoms with Crippen molar-refractivity contribution in [2.75, 3.05) is 20.5 Å². The third-order valence-corrected chi connectivity index (χ3v) is 4.70. The molecule has 1 aromatic carbocycles. The third kappa shape index (κ3) is 2.43. The van der Waals surface area contributed by atoms with E-state index in [2.05, 4.69) is 4.99 Å². The fourth-order valence-corrected chi connectivity index (χ4v) is 3.83. The lowest BCUT2D eigenvalue weighted by atomic mass is 9.87. The normalized spacial score (nSPS) is 16.6. The van der Waals surface area contributed by atoms with Crippen molar-refractivity contribution in [3.63, 3.8) is 0 Å². The first-order chi connectivity index (χ1) is 9.72. The van der Waals surface area contributed by atoms with E-state index in [1.807, 2.05) is 18.4 Å². The van der Waals surface area contributed by atoms with Gasteiger partial charge in [0, 0.05) is 5.56 Å². The van der Waals surface area contributed by atoms with Crippen LogP contribution in [0.25, 0.3) is 0 Å². The Labute approximate surface area is 123 Å². The number of aliphatic imine (C=N–C) groups is 1. The first kappa shape index (κ1) is 14.9. The average molecular weight is 293 g/mol. The maximum absolute atomic E-state index is 10.9. The molecule has 4 nitrogen and oxygen atoms in total. The Kier molecular flexibility index (Phi) is 4.73. The first-order valence-electron chi connectivity index (χ1n) is 6.61. The van der Waals surface area contributed by atoms with Gasteiger partial charge in [-0.1, -0.05) is 12.8 Å². The summed E-state index contributed by atoms with van der Waals surface area (Å²) in [4.78, 5) is 16.1. The van der Waals surface area contributed by atoms with E-state index < -0.39 is 5.54 Å². The zero-order valence-electron chi connectivity index (χ0n) is 12.1. The Hall–Kier alpha value is -1.45. The third-order valence-electron chi connectivity index (χ3n) is 3.88. The van der Waals surface area contributed by atoms with Crippen LogP contribution in [0.4, 0.5) is 0 Å². The average Bonchev–Trinajstić information content (AvgIpc) is 2.95. The van der Waals surface area contributed by atoms with E-state index in [-0.39, 0.29) is 0 Å². The molecule has 1 aliphatic rings. The van der Waals surface area contributed by atoms with Gasteiger partial charge in [-0.3, -0.25) is 0 Å². The highest BCUT2D eigenvalue weighted by Crippen LogP contribution is 2.51. The van der Waals surface area contributed by atoms with E-state index in [1.54, 1.807) is 32.1 Å². The van der Waals surface area contributed by atoms with Crippen molar-refractivity contribution in [1.29, 1.82) is 0 Å². The highest BCUT2D eigenvalue weighted by Gasteiger charge is 2.40. The topological polar surface area (TPSA) is 47.9 Å². The van der Waals surface area contributed by atoms with Crippen LogP contribution in [0.2, 0.25) is 0 Å². The molecule has 0 aromatic heterocycles. The van der Waals surface area contributed by atoms with E-state index in [1.165, 1.54) is 0 Å². The van der Waals surface area contributed by atoms with E-state index in [4.69, 9.17) is 9.47 Å². The lowest BCUT2D eigenvalue weighted by molar-refractivity contribution is 0.361. The maximum Gasteiger partial charge on any atom is 0.235 e. The van der Waals surface area contributed by atoms with Gasteiger partial charge in [-0.2, -0.15) is 4.99 Å². The summed E-state index contributed by atoms with van der Waals surface area (Å²) < 4.78 is 11.0. The number of nitrogens with zero attached hydrogens (tertiary/aromatic N) is 1. The number of rotatable bonds is 5. The van der Waals surface area contributed by atoms with Gasteiger partial charge in [0.2, 0.25) is 6.08 Å². The number of isocyanates is 1. The Morgan fingerprint density at radius 3 is 2.30 bits per heavy atom. The number of benzene rings is 1. The second-order valence-corrected chi connectivity index (χ2v) is 5.64. The summed E-state index contributed by atoms with van der Waals surface area (Å²) in [5, 5.41) is 0. The molecule has 5 heteroatoms. The van der Waals surface area contributed by atoms with Gasteiger partial charge in [0.25, 0.3) is 0 Å². The van der Waals surface area contributed by atoms with Crippen LogP contribution in [0.5, 0.6) is 11.5 Å². The van der Waals surface area contributed by atoms with Crippen LogP contribution in [0.15, 0.2) is 22.0 Å². The summed E-state index contributed by atoms with van der Waals surface area (Å²) >= 11 is 1.59. The number of thioether (sulfide) groups is 1. The van der Waals surface area contributed by atoms with Crippen LogP contribution in [0, 0.1) is 0 Å². The maximum atomic E-state index is 10.9. The van der Waals surface area contributed by atoms with Gasteiger partial charge in [0.1, 0.15) is 17.0 Å². The molecule has 108 valence electrons. The highest BCUT2D eigenvalue weighted by atomic mass is 32.2. The van der Waals surface area contributed by atoms with Crippen LogP contribution in [-0.2, 0) is 10.3 Å². The van der Waals surface area contributed by atoms with Crippen LogP contribution in [-0.4, -0.2) is 26.6 Å². The molecule has 1 aromatic rings. The quantitative estimate of drug-likeness (QED) is 0.473. The SMILES string of the molecule is COc1ccc(OC)c(C2(N=C=O)CCCC2)c1SC. The van der Waals surface area contributed by atoms with Crippen LogP contribution in [0.3, 0.4) is 0 Å². The molecule has 1 aliphatic carbocycles. The molecule has 20 heavy (non-hydrogen) atoms. The molecule has 0 N–H and O–H groups in total. The zero-order valence-corrected chi connectivity index (χ0v) is 12.9. The van der Waals surface area contributed by atoms with Crippen molar-refractivity contribution in [3.8, 4) is 11.5 Å². The van der Waals surface area contributed by atoms with Gasteiger partial charge >= 0.3 is 0 Å². The van der Waals surface area contributed by atoms with Gasteiger partial charge in [-0.15, -0.1) is 11.8 Å². The molecule has 0 bridgehead atoms. The van der Waals surface area contributed by atoms with Crippen molar-refractivity contribution in [3.05, 3.63) is 17.7 Å². The molecular formula is C15H19NO3S. The number of hydrogen-bond donors (Lipinski definition) is 0. The number of carbonyl (C=O) groups excluding carboxylic acids is 1. The molecule has 0 unspecified atom stereocenters. The first-order valence-corrected chi connectivity index (χ1v) is 7.83. The standard InChI is InChI=1S/C15H19NO3S/c1-18-11-6-7-12(19-2)14(20-3)13(11)15(16-10-17)8-4-5-9-15/h6-7H,4-5,8-9H2,1-3H3. The van der Waals surface area contributed by atoms with Crippen molar-refractivity contribution in [2.45, 2.75) is 36.1 Å². The summed E-state index contributed by atoms with van der Waals surface area (Å²) in [6.45, 7) is 0. The van der Waals surface area contributed by atoms with Crippen molar-refractivity contribution in [1.82, 2.24) is 0 Å². The molecule has 0 spiro atoms. The molecule has 1 fully saturated rings. The van der Waals surface area contributed by atoms with Gasteiger partial charge in [-0.25, -0.2) is 4.79 Å². The molecule has 0 atom stereocenters. The molecule has 2 rings (SSSR count). The van der Waals surface area contributed by atoms with Gasteiger partial charge in [0.15, 0.2) is 0 Å². The number of hydrogen-bond acceptors (Lipinski definition) is 5. The summed E-state index contributed by atoms with van der Waals surface area (Å²) in [7, 11) is 3.29. The van der Waals surface area contributed by atoms with Gasteiger partial charge < -0.3 is 9.47 Å². The van der Waals surface area contributed by atoms with E-state index in [0.717, 1.165) is 47.6 Å². The fourth-order valence-electron chi connectivity index (χ4n) is 2.98. The van der Waals surface area contributed by atoms with Crippen LogP contribution < -0.4 is 9.47 Å². The molecule has 0 heterocycles. The molecule has 1 saturated carbocycles. The Morgan fingerprint density at radius 2 is 1.80 bits per heavy atom.